The molecule has 0 atom stereocenters. The van der Waals surface area contributed by atoms with Crippen LogP contribution in [-0.4, -0.2) is 16.9 Å². The number of halogens is 1. The smallest absolute Gasteiger partial charge is 0.127 e. The molecule has 0 aromatic carbocycles. The maximum Gasteiger partial charge on any atom is 0.127 e. The van der Waals surface area contributed by atoms with E-state index in [-0.39, 0.29) is 6.07 Å². The minimum Gasteiger partial charge on any atom is -0.332 e. The quantitative estimate of drug-likeness (QED) is 0.371. The number of ether oxygens (including phenoxy) is 1. The number of thiol groups is 1. The van der Waals surface area contributed by atoms with Gasteiger partial charge in [0, 0.05) is 0 Å². The first kappa shape index (κ1) is 8.47. The fraction of sp³-hybridized carbons (Fsp3) is 0.800. The van der Waals surface area contributed by atoms with Crippen LogP contribution in [0.5, 0.6) is 0 Å². The van der Waals surface area contributed by atoms with Crippen molar-refractivity contribution in [2.24, 2.45) is 0 Å². The summed E-state index contributed by atoms with van der Waals surface area (Å²) >= 11 is 6.42. The van der Waals surface area contributed by atoms with Gasteiger partial charge in [0.2, 0.25) is 0 Å². The molecular formula is C5H11ClOS. The molecule has 0 aromatic heterocycles. The molecule has 0 bridgehead atoms. The van der Waals surface area contributed by atoms with E-state index >= 15 is 0 Å². The van der Waals surface area contributed by atoms with Gasteiger partial charge >= 0.3 is 0 Å². The Hall–Kier alpha value is 0.470. The summed E-state index contributed by atoms with van der Waals surface area (Å²) < 4.78 is 4.77. The van der Waals surface area contributed by atoms with Crippen LogP contribution in [0.4, 0.5) is 0 Å². The minimum atomic E-state index is 0.264. The molecule has 0 aromatic rings. The van der Waals surface area contributed by atoms with Gasteiger partial charge in [0.25, 0.3) is 0 Å². The van der Waals surface area contributed by atoms with Crippen molar-refractivity contribution < 1.29 is 4.74 Å². The zero-order valence-electron chi connectivity index (χ0n) is 5.10. The summed E-state index contributed by atoms with van der Waals surface area (Å²) in [6, 6.07) is 0.264. The SMILES string of the molecule is CC(C)[SH]=COCCl. The Balaban J connectivity index is 3.07. The maximum absolute atomic E-state index is 5.23. The van der Waals surface area contributed by atoms with Crippen molar-refractivity contribution in [2.75, 3.05) is 6.07 Å². The van der Waals surface area contributed by atoms with Gasteiger partial charge in [-0.05, 0) is 5.25 Å². The summed E-state index contributed by atoms with van der Waals surface area (Å²) in [5.41, 5.74) is 1.72. The highest BCUT2D eigenvalue weighted by Crippen LogP contribution is 1.95. The zero-order chi connectivity index (χ0) is 6.41. The van der Waals surface area contributed by atoms with Crippen molar-refractivity contribution in [1.29, 1.82) is 0 Å². The number of rotatable bonds is 3. The van der Waals surface area contributed by atoms with Gasteiger partial charge in [0.15, 0.2) is 0 Å². The third-order valence-electron chi connectivity index (χ3n) is 0.497. The fourth-order valence-electron chi connectivity index (χ4n) is 0.193. The molecule has 0 aliphatic heterocycles. The van der Waals surface area contributed by atoms with Crippen LogP contribution in [0, 0.1) is 0 Å². The molecule has 1 nitrogen and oxygen atoms in total. The molecule has 0 aliphatic rings. The Morgan fingerprint density at radius 1 is 1.75 bits per heavy atom. The van der Waals surface area contributed by atoms with Gasteiger partial charge in [-0.15, -0.1) is 0 Å². The van der Waals surface area contributed by atoms with E-state index in [1.54, 1.807) is 5.55 Å². The van der Waals surface area contributed by atoms with Crippen LogP contribution in [0.15, 0.2) is 0 Å². The van der Waals surface area contributed by atoms with Crippen molar-refractivity contribution >= 4 is 28.5 Å². The van der Waals surface area contributed by atoms with Gasteiger partial charge in [-0.1, -0.05) is 25.4 Å². The Labute approximate surface area is 58.9 Å². The Kier molecular flexibility index (Phi) is 5.93. The lowest BCUT2D eigenvalue weighted by Crippen LogP contribution is -1.84. The van der Waals surface area contributed by atoms with Gasteiger partial charge in [-0.3, -0.25) is 0 Å². The molecule has 0 rings (SSSR count). The van der Waals surface area contributed by atoms with E-state index in [0.717, 1.165) is 0 Å². The second kappa shape index (κ2) is 5.60. The van der Waals surface area contributed by atoms with Crippen molar-refractivity contribution in [1.82, 2.24) is 0 Å². The lowest BCUT2D eigenvalue weighted by molar-refractivity contribution is 0.403. The summed E-state index contributed by atoms with van der Waals surface area (Å²) in [5, 5.41) is 0.637. The van der Waals surface area contributed by atoms with Gasteiger partial charge in [0.1, 0.15) is 6.07 Å². The summed E-state index contributed by atoms with van der Waals surface area (Å²) in [4.78, 5) is 0. The molecule has 0 radical (unpaired) electrons. The second-order valence-corrected chi connectivity index (χ2v) is 3.38. The molecule has 0 fully saturated rings. The molecule has 3 heteroatoms. The van der Waals surface area contributed by atoms with Gasteiger partial charge in [-0.2, -0.15) is 11.4 Å². The molecular weight excluding hydrogens is 144 g/mol. The van der Waals surface area contributed by atoms with Gasteiger partial charge in [-0.25, -0.2) is 0 Å². The Bertz CT molecular complexity index is 72.8. The van der Waals surface area contributed by atoms with Crippen LogP contribution >= 0.6 is 23.0 Å². The molecule has 0 amide bonds. The molecule has 0 N–H and O–H groups in total. The monoisotopic (exact) mass is 154 g/mol. The molecule has 8 heavy (non-hydrogen) atoms. The van der Waals surface area contributed by atoms with Gasteiger partial charge < -0.3 is 4.74 Å². The lowest BCUT2D eigenvalue weighted by atomic mass is 10.6. The van der Waals surface area contributed by atoms with Crippen molar-refractivity contribution in [3.8, 4) is 0 Å². The first-order chi connectivity index (χ1) is 3.77. The number of hydrogen-bond donors (Lipinski definition) is 1. The van der Waals surface area contributed by atoms with E-state index in [9.17, 15) is 0 Å². The summed E-state index contributed by atoms with van der Waals surface area (Å²) in [6.45, 7) is 4.24. The largest absolute Gasteiger partial charge is 0.332 e. The minimum absolute atomic E-state index is 0.264. The molecule has 50 valence electrons. The van der Waals surface area contributed by atoms with E-state index in [1.807, 2.05) is 0 Å². The predicted molar refractivity (Wildman–Crippen MR) is 42.0 cm³/mol. The first-order valence-electron chi connectivity index (χ1n) is 2.46. The van der Waals surface area contributed by atoms with E-state index in [0.29, 0.717) is 5.25 Å². The maximum atomic E-state index is 5.23. The highest BCUT2D eigenvalue weighted by Gasteiger charge is 1.79. The topological polar surface area (TPSA) is 9.23 Å². The zero-order valence-corrected chi connectivity index (χ0v) is 6.75. The van der Waals surface area contributed by atoms with Crippen LogP contribution in [0.2, 0.25) is 0 Å². The standard InChI is InChI=1S/C5H11ClOS/c1-5(2)8-4-7-3-6/h4-5,8H,3H2,1-2H3. The third-order valence-corrected chi connectivity index (χ3v) is 1.49. The van der Waals surface area contributed by atoms with Crippen molar-refractivity contribution in [3.05, 3.63) is 0 Å². The first-order valence-corrected chi connectivity index (χ1v) is 4.03. The average Bonchev–Trinajstić information content (AvgIpc) is 1.66. The highest BCUT2D eigenvalue weighted by atomic mass is 35.5. The molecule has 0 unspecified atom stereocenters. The van der Waals surface area contributed by atoms with Crippen LogP contribution < -0.4 is 0 Å². The third kappa shape index (κ3) is 6.47. The Morgan fingerprint density at radius 2 is 2.38 bits per heavy atom. The van der Waals surface area contributed by atoms with Crippen LogP contribution in [-0.2, 0) is 4.74 Å². The number of alkyl halides is 1. The van der Waals surface area contributed by atoms with E-state index < -0.39 is 0 Å². The lowest BCUT2D eigenvalue weighted by Gasteiger charge is -1.92. The number of hydrogen-bond acceptors (Lipinski definition) is 1. The summed E-state index contributed by atoms with van der Waals surface area (Å²) in [7, 11) is 0. The normalized spacial score (nSPS) is 12.5. The van der Waals surface area contributed by atoms with Crippen LogP contribution in [0.1, 0.15) is 13.8 Å². The van der Waals surface area contributed by atoms with Gasteiger partial charge in [0.05, 0.1) is 5.55 Å². The van der Waals surface area contributed by atoms with E-state index in [2.05, 4.69) is 13.8 Å². The Morgan fingerprint density at radius 3 is 2.75 bits per heavy atom. The van der Waals surface area contributed by atoms with Crippen LogP contribution in [0.3, 0.4) is 0 Å². The second-order valence-electron chi connectivity index (χ2n) is 1.62. The summed E-state index contributed by atoms with van der Waals surface area (Å²) in [6.07, 6.45) is 0. The van der Waals surface area contributed by atoms with Crippen molar-refractivity contribution in [2.45, 2.75) is 19.1 Å². The summed E-state index contributed by atoms with van der Waals surface area (Å²) in [5.74, 6) is 0. The van der Waals surface area contributed by atoms with Crippen molar-refractivity contribution in [3.63, 3.8) is 0 Å². The average molecular weight is 155 g/mol. The predicted octanol–water partition coefficient (Wildman–Crippen LogP) is 1.83. The van der Waals surface area contributed by atoms with E-state index in [1.165, 1.54) is 11.4 Å². The molecule has 0 saturated heterocycles. The van der Waals surface area contributed by atoms with E-state index in [4.69, 9.17) is 16.3 Å². The fourth-order valence-corrected chi connectivity index (χ4v) is 0.748. The highest BCUT2D eigenvalue weighted by molar-refractivity contribution is 7.97. The molecule has 0 saturated carbocycles. The van der Waals surface area contributed by atoms with Crippen LogP contribution in [0.25, 0.3) is 0 Å². The molecule has 0 spiro atoms. The molecule has 0 aliphatic carbocycles. The molecule has 0 heterocycles.